The lowest BCUT2D eigenvalue weighted by atomic mass is 9.82. The van der Waals surface area contributed by atoms with Gasteiger partial charge in [0.15, 0.2) is 0 Å². The second kappa shape index (κ2) is 16.4. The van der Waals surface area contributed by atoms with Gasteiger partial charge in [0.05, 0.1) is 0 Å². The largest absolute Gasteiger partial charge is 0.134 e. The summed E-state index contributed by atoms with van der Waals surface area (Å²) in [6, 6.07) is 85.5. The molecule has 310 valence electrons. The predicted molar refractivity (Wildman–Crippen MR) is 291 cm³/mol. The van der Waals surface area contributed by atoms with Crippen LogP contribution in [-0.4, -0.2) is 0 Å². The highest BCUT2D eigenvalue weighted by Crippen LogP contribution is 2.50. The maximum atomic E-state index is 2.48. The van der Waals surface area contributed by atoms with Crippen molar-refractivity contribution in [3.05, 3.63) is 231 Å². The third-order valence-electron chi connectivity index (χ3n) is 12.8. The molecule has 0 spiro atoms. The fourth-order valence-electron chi connectivity index (χ4n) is 9.71. The van der Waals surface area contributed by atoms with Crippen LogP contribution in [0.4, 0.5) is 0 Å². The second-order valence-corrected chi connectivity index (χ2v) is 21.0. The first kappa shape index (κ1) is 39.2. The molecule has 13 rings (SSSR count). The molecule has 0 nitrogen and oxygen atoms in total. The molecule has 0 N–H and O–H groups in total. The van der Waals surface area contributed by atoms with Crippen molar-refractivity contribution in [3.8, 4) is 83.5 Å². The maximum absolute atomic E-state index is 2.48. The average Bonchev–Trinajstić information content (AvgIpc) is 4.24. The molecule has 4 heterocycles. The molecule has 4 heteroatoms. The summed E-state index contributed by atoms with van der Waals surface area (Å²) in [7, 11) is 0. The molecule has 0 aliphatic carbocycles. The van der Waals surface area contributed by atoms with Crippen LogP contribution >= 0.6 is 45.3 Å². The van der Waals surface area contributed by atoms with E-state index in [1.807, 2.05) is 45.3 Å². The molecule has 0 aliphatic rings. The number of hydrogen-bond donors (Lipinski definition) is 0. The highest BCUT2D eigenvalue weighted by molar-refractivity contribution is 7.25. The summed E-state index contributed by atoms with van der Waals surface area (Å²) in [5.41, 5.74) is 10.0. The fourth-order valence-corrected chi connectivity index (χ4v) is 13.9. The molecule has 9 aromatic carbocycles. The lowest BCUT2D eigenvalue weighted by Crippen LogP contribution is -1.93. The zero-order chi connectivity index (χ0) is 43.6. The number of rotatable bonds is 8. The van der Waals surface area contributed by atoms with E-state index in [0.717, 1.165) is 0 Å². The van der Waals surface area contributed by atoms with Crippen LogP contribution in [-0.2, 0) is 0 Å². The Labute approximate surface area is 399 Å². The van der Waals surface area contributed by atoms with Crippen LogP contribution in [0.15, 0.2) is 231 Å². The molecule has 0 bridgehead atoms. The first-order chi connectivity index (χ1) is 32.7. The normalized spacial score (nSPS) is 11.6. The van der Waals surface area contributed by atoms with Gasteiger partial charge in [0.25, 0.3) is 0 Å². The Morgan fingerprint density at radius 2 is 0.530 bits per heavy atom. The average molecular weight is 911 g/mol. The minimum atomic E-state index is 1.23. The molecule has 0 amide bonds. The Morgan fingerprint density at radius 3 is 0.939 bits per heavy atom. The smallest absolute Gasteiger partial charge is 0.0449 e. The van der Waals surface area contributed by atoms with E-state index in [4.69, 9.17) is 0 Å². The summed E-state index contributed by atoms with van der Waals surface area (Å²) in [5.74, 6) is 0. The van der Waals surface area contributed by atoms with Crippen molar-refractivity contribution in [2.45, 2.75) is 0 Å². The van der Waals surface area contributed by atoms with Crippen LogP contribution < -0.4 is 0 Å². The standard InChI is InChI=1S/C62H38S4/c1-3-15-41(16-4-1)53-29-33-57(63-53)59-35-31-55(65-59)43-25-27-49-51(37-43)61(47-23-11-19-39-13-7-9-21-45(39)47)50-28-26-44(38-52(50)62(49)48-24-12-20-40-14-8-10-22-46(40)48)56-32-36-60(66-56)58-34-30-54(64-58)42-17-5-2-6-18-42/h1-38H. The van der Waals surface area contributed by atoms with E-state index in [0.29, 0.717) is 0 Å². The minimum absolute atomic E-state index is 1.23. The van der Waals surface area contributed by atoms with E-state index < -0.39 is 0 Å². The van der Waals surface area contributed by atoms with Crippen molar-refractivity contribution in [1.29, 1.82) is 0 Å². The highest BCUT2D eigenvalue weighted by atomic mass is 32.1. The third-order valence-corrected chi connectivity index (χ3v) is 17.8. The van der Waals surface area contributed by atoms with Crippen LogP contribution in [0.3, 0.4) is 0 Å². The van der Waals surface area contributed by atoms with E-state index in [1.54, 1.807) is 0 Å². The molecule has 0 fully saturated rings. The van der Waals surface area contributed by atoms with Gasteiger partial charge in [0, 0.05) is 39.0 Å². The highest BCUT2D eigenvalue weighted by Gasteiger charge is 2.22. The van der Waals surface area contributed by atoms with Crippen molar-refractivity contribution in [3.63, 3.8) is 0 Å². The van der Waals surface area contributed by atoms with Crippen LogP contribution in [0.25, 0.3) is 127 Å². The molecular formula is C62H38S4. The van der Waals surface area contributed by atoms with Crippen LogP contribution in [0.2, 0.25) is 0 Å². The number of thiophene rings is 4. The molecular weight excluding hydrogens is 873 g/mol. The van der Waals surface area contributed by atoms with E-state index >= 15 is 0 Å². The Balaban J connectivity index is 1.03. The predicted octanol–water partition coefficient (Wildman–Crippen LogP) is 19.9. The Bertz CT molecular complexity index is 3670. The van der Waals surface area contributed by atoms with Crippen LogP contribution in [0, 0.1) is 0 Å². The number of fused-ring (bicyclic) bond motifs is 4. The van der Waals surface area contributed by atoms with Gasteiger partial charge in [0.1, 0.15) is 0 Å². The Morgan fingerprint density at radius 1 is 0.197 bits per heavy atom. The van der Waals surface area contributed by atoms with E-state index in [1.165, 1.54) is 127 Å². The van der Waals surface area contributed by atoms with Gasteiger partial charge in [-0.1, -0.05) is 170 Å². The molecule has 13 aromatic rings. The van der Waals surface area contributed by atoms with Gasteiger partial charge in [-0.25, -0.2) is 0 Å². The second-order valence-electron chi connectivity index (χ2n) is 16.7. The van der Waals surface area contributed by atoms with Crippen LogP contribution in [0.5, 0.6) is 0 Å². The van der Waals surface area contributed by atoms with Gasteiger partial charge in [0.2, 0.25) is 0 Å². The summed E-state index contributed by atoms with van der Waals surface area (Å²) in [6.45, 7) is 0. The van der Waals surface area contributed by atoms with Gasteiger partial charge < -0.3 is 0 Å². The van der Waals surface area contributed by atoms with Crippen molar-refractivity contribution in [1.82, 2.24) is 0 Å². The zero-order valence-electron chi connectivity index (χ0n) is 35.6. The Kier molecular flexibility index (Phi) is 9.72. The lowest BCUT2D eigenvalue weighted by Gasteiger charge is -2.21. The number of benzene rings is 9. The Hall–Kier alpha value is -7.18. The fraction of sp³-hybridized carbons (Fsp3) is 0. The summed E-state index contributed by atoms with van der Waals surface area (Å²) >= 11 is 7.49. The first-order valence-corrected chi connectivity index (χ1v) is 25.5. The summed E-state index contributed by atoms with van der Waals surface area (Å²) in [4.78, 5) is 10.3. The monoisotopic (exact) mass is 910 g/mol. The summed E-state index contributed by atoms with van der Waals surface area (Å²) in [5, 5.41) is 10.0. The molecule has 4 aromatic heterocycles. The molecule has 0 saturated carbocycles. The van der Waals surface area contributed by atoms with E-state index in [9.17, 15) is 0 Å². The van der Waals surface area contributed by atoms with Crippen molar-refractivity contribution in [2.24, 2.45) is 0 Å². The molecule has 0 radical (unpaired) electrons. The van der Waals surface area contributed by atoms with Crippen LogP contribution in [0.1, 0.15) is 0 Å². The molecule has 0 atom stereocenters. The van der Waals surface area contributed by atoms with Crippen molar-refractivity contribution in [2.75, 3.05) is 0 Å². The van der Waals surface area contributed by atoms with Crippen molar-refractivity contribution < 1.29 is 0 Å². The number of hydrogen-bond acceptors (Lipinski definition) is 4. The topological polar surface area (TPSA) is 0 Å². The molecule has 0 saturated heterocycles. The van der Waals surface area contributed by atoms with Gasteiger partial charge in [-0.2, -0.15) is 0 Å². The SMILES string of the molecule is c1ccc(-c2ccc(-c3ccc(-c4ccc5c(-c6cccc7ccccc67)c6cc(-c7ccc(-c8ccc(-c9ccccc9)s8)s7)ccc6c(-c6cccc7ccccc67)c5c4)s3)s2)cc1. The zero-order valence-corrected chi connectivity index (χ0v) is 38.8. The molecule has 0 aliphatic heterocycles. The summed E-state index contributed by atoms with van der Waals surface area (Å²) in [6.07, 6.45) is 0. The minimum Gasteiger partial charge on any atom is -0.134 e. The quantitative estimate of drug-likeness (QED) is 0.133. The maximum Gasteiger partial charge on any atom is 0.0449 e. The molecule has 0 unspecified atom stereocenters. The van der Waals surface area contributed by atoms with Gasteiger partial charge in [-0.05, 0) is 148 Å². The van der Waals surface area contributed by atoms with E-state index in [-0.39, 0.29) is 0 Å². The van der Waals surface area contributed by atoms with E-state index in [2.05, 4.69) is 231 Å². The summed E-state index contributed by atoms with van der Waals surface area (Å²) < 4.78 is 0. The van der Waals surface area contributed by atoms with Gasteiger partial charge >= 0.3 is 0 Å². The molecule has 66 heavy (non-hydrogen) atoms. The van der Waals surface area contributed by atoms with Crippen molar-refractivity contribution >= 4 is 88.4 Å². The first-order valence-electron chi connectivity index (χ1n) is 22.2. The lowest BCUT2D eigenvalue weighted by molar-refractivity contribution is 1.68. The third kappa shape index (κ3) is 6.85. The van der Waals surface area contributed by atoms with Gasteiger partial charge in [-0.3, -0.25) is 0 Å². The van der Waals surface area contributed by atoms with Gasteiger partial charge in [-0.15, -0.1) is 45.3 Å².